The number of aryl methyl sites for hydroxylation is 1. The Kier molecular flexibility index (Phi) is 4.09. The second kappa shape index (κ2) is 5.89. The Labute approximate surface area is 135 Å². The fourth-order valence-corrected chi connectivity index (χ4v) is 4.96. The van der Waals surface area contributed by atoms with E-state index in [2.05, 4.69) is 75.1 Å². The molecule has 0 nitrogen and oxygen atoms in total. The van der Waals surface area contributed by atoms with E-state index >= 15 is 0 Å². The molecule has 0 bridgehead atoms. The largest absolute Gasteiger partial charge is 0.0693 e. The Hall–Kier alpha value is -1.60. The molecule has 1 aliphatic rings. The summed E-state index contributed by atoms with van der Waals surface area (Å²) in [5.74, 6) is 0. The smallest absolute Gasteiger partial charge is 0.0487 e. The lowest BCUT2D eigenvalue weighted by molar-refractivity contribution is 1.05. The van der Waals surface area contributed by atoms with E-state index in [-0.39, 0.29) is 0 Å². The van der Waals surface area contributed by atoms with E-state index in [4.69, 9.17) is 0 Å². The van der Waals surface area contributed by atoms with Gasteiger partial charge in [-0.05, 0) is 53.6 Å². The Morgan fingerprint density at radius 2 is 1.59 bits per heavy atom. The Morgan fingerprint density at radius 3 is 2.32 bits per heavy atom. The van der Waals surface area contributed by atoms with E-state index in [9.17, 15) is 0 Å². The van der Waals surface area contributed by atoms with E-state index < -0.39 is 8.07 Å². The maximum absolute atomic E-state index is 2.48. The van der Waals surface area contributed by atoms with Crippen molar-refractivity contribution in [3.8, 4) is 0 Å². The predicted molar refractivity (Wildman–Crippen MR) is 100 cm³/mol. The molecule has 0 saturated carbocycles. The average Bonchev–Trinajstić information content (AvgIpc) is 2.78. The summed E-state index contributed by atoms with van der Waals surface area (Å²) in [5, 5.41) is 0. The summed E-state index contributed by atoms with van der Waals surface area (Å²) in [7, 11) is -1.12. The van der Waals surface area contributed by atoms with Crippen LogP contribution in [0.2, 0.25) is 25.7 Å². The quantitative estimate of drug-likeness (QED) is 0.618. The number of rotatable bonds is 4. The van der Waals surface area contributed by atoms with Crippen molar-refractivity contribution < 1.29 is 0 Å². The first-order valence-corrected chi connectivity index (χ1v) is 12.0. The van der Waals surface area contributed by atoms with Gasteiger partial charge >= 0.3 is 0 Å². The lowest BCUT2D eigenvalue weighted by atomic mass is 9.98. The van der Waals surface area contributed by atoms with Crippen LogP contribution in [0.3, 0.4) is 0 Å². The molecule has 1 aliphatic carbocycles. The molecular weight excluding hydrogens is 280 g/mol. The molecule has 0 heterocycles. The number of fused-ring (bicyclic) bond motifs is 1. The van der Waals surface area contributed by atoms with Gasteiger partial charge in [-0.1, -0.05) is 73.7 Å². The average molecular weight is 307 g/mol. The number of hydrogen-bond acceptors (Lipinski definition) is 0. The van der Waals surface area contributed by atoms with Crippen LogP contribution in [0.15, 0.2) is 54.1 Å². The summed E-state index contributed by atoms with van der Waals surface area (Å²) >= 11 is 0. The molecular formula is C21H26Si. The van der Waals surface area contributed by atoms with Crippen molar-refractivity contribution in [3.63, 3.8) is 0 Å². The molecule has 0 atom stereocenters. The molecule has 0 amide bonds. The third-order valence-corrected chi connectivity index (χ3v) is 5.96. The van der Waals surface area contributed by atoms with Gasteiger partial charge in [0.2, 0.25) is 0 Å². The maximum atomic E-state index is 2.48. The summed E-state index contributed by atoms with van der Waals surface area (Å²) in [5.41, 5.74) is 9.25. The number of allylic oxidation sites excluding steroid dienone is 2. The van der Waals surface area contributed by atoms with Gasteiger partial charge in [0.1, 0.15) is 0 Å². The lowest BCUT2D eigenvalue weighted by Gasteiger charge is -2.19. The summed E-state index contributed by atoms with van der Waals surface area (Å²) in [4.78, 5) is 0. The molecule has 0 unspecified atom stereocenters. The standard InChI is InChI=1S/C21H26Si/c1-16-9-5-6-10-17(16)13-19-14-18-11-7-8-12-20(18)21(19)15-22(2,3)4/h5-12H,13-15H2,1-4H3. The molecule has 22 heavy (non-hydrogen) atoms. The van der Waals surface area contributed by atoms with E-state index in [1.54, 1.807) is 11.1 Å². The minimum atomic E-state index is -1.12. The molecule has 0 spiro atoms. The first kappa shape index (κ1) is 15.3. The fraction of sp³-hybridized carbons (Fsp3) is 0.333. The molecule has 0 N–H and O–H groups in total. The van der Waals surface area contributed by atoms with Crippen LogP contribution in [0.4, 0.5) is 0 Å². The number of hydrogen-bond donors (Lipinski definition) is 0. The van der Waals surface area contributed by atoms with Crippen LogP contribution in [0.1, 0.15) is 22.3 Å². The van der Waals surface area contributed by atoms with Crippen molar-refractivity contribution in [1.82, 2.24) is 0 Å². The maximum Gasteiger partial charge on any atom is 0.0487 e. The van der Waals surface area contributed by atoms with Gasteiger partial charge in [0, 0.05) is 8.07 Å². The van der Waals surface area contributed by atoms with Crippen LogP contribution in [-0.2, 0) is 12.8 Å². The molecule has 3 rings (SSSR count). The molecule has 1 heteroatoms. The van der Waals surface area contributed by atoms with Crippen molar-refractivity contribution in [2.75, 3.05) is 0 Å². The normalized spacial score (nSPS) is 14.4. The second-order valence-electron chi connectivity index (χ2n) is 7.76. The van der Waals surface area contributed by atoms with Crippen molar-refractivity contribution in [2.45, 2.75) is 45.5 Å². The molecule has 0 aromatic heterocycles. The van der Waals surface area contributed by atoms with E-state index in [1.165, 1.54) is 28.3 Å². The molecule has 0 saturated heterocycles. The van der Waals surface area contributed by atoms with Gasteiger partial charge in [-0.15, -0.1) is 0 Å². The van der Waals surface area contributed by atoms with Gasteiger partial charge in [0.15, 0.2) is 0 Å². The zero-order valence-electron chi connectivity index (χ0n) is 14.2. The highest BCUT2D eigenvalue weighted by Gasteiger charge is 2.25. The van der Waals surface area contributed by atoms with Crippen molar-refractivity contribution in [3.05, 3.63) is 76.4 Å². The van der Waals surface area contributed by atoms with E-state index in [0.29, 0.717) is 0 Å². The fourth-order valence-electron chi connectivity index (χ4n) is 3.45. The van der Waals surface area contributed by atoms with Crippen LogP contribution in [0.25, 0.3) is 5.57 Å². The summed E-state index contributed by atoms with van der Waals surface area (Å²) in [6, 6.07) is 19.1. The van der Waals surface area contributed by atoms with Gasteiger partial charge < -0.3 is 0 Å². The first-order valence-electron chi connectivity index (χ1n) is 8.28. The van der Waals surface area contributed by atoms with E-state index in [0.717, 1.165) is 12.8 Å². The minimum Gasteiger partial charge on any atom is -0.0693 e. The topological polar surface area (TPSA) is 0 Å². The van der Waals surface area contributed by atoms with E-state index in [1.807, 2.05) is 0 Å². The molecule has 0 radical (unpaired) electrons. The highest BCUT2D eigenvalue weighted by atomic mass is 28.3. The Bertz CT molecular complexity index is 717. The molecule has 2 aromatic rings. The van der Waals surface area contributed by atoms with Crippen LogP contribution < -0.4 is 0 Å². The Morgan fingerprint density at radius 1 is 0.909 bits per heavy atom. The highest BCUT2D eigenvalue weighted by Crippen LogP contribution is 2.39. The van der Waals surface area contributed by atoms with Crippen molar-refractivity contribution in [1.29, 1.82) is 0 Å². The second-order valence-corrected chi connectivity index (χ2v) is 13.2. The predicted octanol–water partition coefficient (Wildman–Crippen LogP) is 5.89. The van der Waals surface area contributed by atoms with Crippen LogP contribution in [0.5, 0.6) is 0 Å². The highest BCUT2D eigenvalue weighted by molar-refractivity contribution is 6.77. The molecule has 114 valence electrons. The zero-order chi connectivity index (χ0) is 15.7. The van der Waals surface area contributed by atoms with Crippen LogP contribution >= 0.6 is 0 Å². The SMILES string of the molecule is Cc1ccccc1CC1=C(C[Si](C)(C)C)c2ccccc2C1. The third-order valence-electron chi connectivity index (χ3n) is 4.55. The third kappa shape index (κ3) is 3.25. The van der Waals surface area contributed by atoms with Gasteiger partial charge in [-0.2, -0.15) is 0 Å². The summed E-state index contributed by atoms with van der Waals surface area (Å²) in [6.07, 6.45) is 2.26. The summed E-state index contributed by atoms with van der Waals surface area (Å²) < 4.78 is 0. The van der Waals surface area contributed by atoms with Gasteiger partial charge in [-0.3, -0.25) is 0 Å². The first-order chi connectivity index (χ1) is 10.4. The van der Waals surface area contributed by atoms with Crippen LogP contribution in [-0.4, -0.2) is 8.07 Å². The zero-order valence-corrected chi connectivity index (χ0v) is 15.2. The molecule has 0 aliphatic heterocycles. The van der Waals surface area contributed by atoms with Crippen molar-refractivity contribution >= 4 is 13.6 Å². The molecule has 2 aromatic carbocycles. The summed E-state index contributed by atoms with van der Waals surface area (Å²) in [6.45, 7) is 9.67. The molecule has 0 fully saturated rings. The Balaban J connectivity index is 1.99. The van der Waals surface area contributed by atoms with Gasteiger partial charge in [0.25, 0.3) is 0 Å². The van der Waals surface area contributed by atoms with Gasteiger partial charge in [-0.25, -0.2) is 0 Å². The van der Waals surface area contributed by atoms with Crippen LogP contribution in [0, 0.1) is 6.92 Å². The monoisotopic (exact) mass is 306 g/mol. The number of benzene rings is 2. The lowest BCUT2D eigenvalue weighted by Crippen LogP contribution is -2.19. The van der Waals surface area contributed by atoms with Gasteiger partial charge in [0.05, 0.1) is 0 Å². The minimum absolute atomic E-state index is 1.11. The van der Waals surface area contributed by atoms with Crippen molar-refractivity contribution in [2.24, 2.45) is 0 Å².